The summed E-state index contributed by atoms with van der Waals surface area (Å²) in [6.45, 7) is -0.342. The van der Waals surface area contributed by atoms with Gasteiger partial charge in [0.15, 0.2) is 6.61 Å². The molecule has 0 bridgehead atoms. The Hall–Kier alpha value is -2.43. The molecule has 0 saturated carbocycles. The largest absolute Gasteiger partial charge is 0.455 e. The van der Waals surface area contributed by atoms with Gasteiger partial charge in [-0.15, -0.1) is 23.5 Å². The number of benzene rings is 2. The number of nitrogens with zero attached hydrogens (tertiary/aromatic N) is 1. The van der Waals surface area contributed by atoms with Gasteiger partial charge in [-0.3, -0.25) is 9.59 Å². The summed E-state index contributed by atoms with van der Waals surface area (Å²) in [6.07, 6.45) is 0. The molecule has 0 unspecified atom stereocenters. The highest BCUT2D eigenvalue weighted by Gasteiger charge is 2.10. The van der Waals surface area contributed by atoms with E-state index in [9.17, 15) is 9.59 Å². The normalized spacial score (nSPS) is 9.88. The Labute approximate surface area is 154 Å². The molecule has 0 aliphatic heterocycles. The molecule has 0 radical (unpaired) electrons. The Bertz CT molecular complexity index is 760. The maximum atomic E-state index is 11.9. The zero-order valence-corrected chi connectivity index (χ0v) is 14.9. The standard InChI is InChI=1S/C18H16N2O3S2/c19-10-11-24-16-9-5-4-8-15(16)20-17(21)12-23-18(22)13-25-14-6-2-1-3-7-14/h1-9H,11-13H2,(H,20,21). The number of hydrogen-bond donors (Lipinski definition) is 1. The highest BCUT2D eigenvalue weighted by Crippen LogP contribution is 2.26. The molecule has 0 aliphatic rings. The average Bonchev–Trinajstić information content (AvgIpc) is 2.65. The molecular formula is C18H16N2O3S2. The van der Waals surface area contributed by atoms with Crippen LogP contribution in [-0.2, 0) is 14.3 Å². The van der Waals surface area contributed by atoms with Crippen molar-refractivity contribution in [3.63, 3.8) is 0 Å². The van der Waals surface area contributed by atoms with Crippen molar-refractivity contribution in [1.82, 2.24) is 0 Å². The minimum atomic E-state index is -0.448. The number of anilines is 1. The van der Waals surface area contributed by atoms with Crippen LogP contribution in [0.15, 0.2) is 64.4 Å². The Morgan fingerprint density at radius 2 is 1.76 bits per heavy atom. The van der Waals surface area contributed by atoms with Crippen LogP contribution in [0.2, 0.25) is 0 Å². The predicted octanol–water partition coefficient (Wildman–Crippen LogP) is 3.58. The van der Waals surface area contributed by atoms with Gasteiger partial charge in [0.1, 0.15) is 0 Å². The third-order valence-corrected chi connectivity index (χ3v) is 4.84. The van der Waals surface area contributed by atoms with E-state index in [2.05, 4.69) is 5.32 Å². The maximum Gasteiger partial charge on any atom is 0.316 e. The van der Waals surface area contributed by atoms with Gasteiger partial charge in [0.25, 0.3) is 5.91 Å². The number of esters is 1. The molecule has 0 aromatic heterocycles. The monoisotopic (exact) mass is 372 g/mol. The quantitative estimate of drug-likeness (QED) is 0.564. The van der Waals surface area contributed by atoms with Crippen LogP contribution >= 0.6 is 23.5 Å². The number of ether oxygens (including phenoxy) is 1. The Morgan fingerprint density at radius 3 is 2.52 bits per heavy atom. The molecule has 0 fully saturated rings. The van der Waals surface area contributed by atoms with E-state index in [-0.39, 0.29) is 12.4 Å². The van der Waals surface area contributed by atoms with Gasteiger partial charge in [-0.05, 0) is 24.3 Å². The molecule has 0 aliphatic carbocycles. The summed E-state index contributed by atoms with van der Waals surface area (Å²) in [5, 5.41) is 11.4. The average molecular weight is 372 g/mol. The Balaban J connectivity index is 1.77. The number of carbonyl (C=O) groups is 2. The molecule has 2 aromatic rings. The molecule has 25 heavy (non-hydrogen) atoms. The van der Waals surface area contributed by atoms with E-state index in [1.807, 2.05) is 48.5 Å². The van der Waals surface area contributed by atoms with E-state index >= 15 is 0 Å². The summed E-state index contributed by atoms with van der Waals surface area (Å²) in [6, 6.07) is 18.7. The fourth-order valence-electron chi connectivity index (χ4n) is 1.84. The van der Waals surface area contributed by atoms with Gasteiger partial charge in [0, 0.05) is 9.79 Å². The second-order valence-electron chi connectivity index (χ2n) is 4.75. The summed E-state index contributed by atoms with van der Waals surface area (Å²) in [7, 11) is 0. The van der Waals surface area contributed by atoms with Crippen LogP contribution in [0.5, 0.6) is 0 Å². The highest BCUT2D eigenvalue weighted by molar-refractivity contribution is 8.00. The fourth-order valence-corrected chi connectivity index (χ4v) is 3.23. The minimum Gasteiger partial charge on any atom is -0.455 e. The Kier molecular flexibility index (Phi) is 7.89. The zero-order chi connectivity index (χ0) is 17.9. The van der Waals surface area contributed by atoms with Crippen molar-refractivity contribution in [2.45, 2.75) is 9.79 Å². The number of para-hydroxylation sites is 1. The van der Waals surface area contributed by atoms with Gasteiger partial charge < -0.3 is 10.1 Å². The molecule has 7 heteroatoms. The van der Waals surface area contributed by atoms with E-state index in [4.69, 9.17) is 10.00 Å². The molecule has 1 N–H and O–H groups in total. The fraction of sp³-hybridized carbons (Fsp3) is 0.167. The van der Waals surface area contributed by atoms with Gasteiger partial charge in [-0.1, -0.05) is 30.3 Å². The van der Waals surface area contributed by atoms with Crippen molar-refractivity contribution in [3.05, 3.63) is 54.6 Å². The lowest BCUT2D eigenvalue weighted by Crippen LogP contribution is -2.21. The first kappa shape index (κ1) is 18.9. The molecule has 2 aromatic carbocycles. The second kappa shape index (κ2) is 10.4. The predicted molar refractivity (Wildman–Crippen MR) is 99.5 cm³/mol. The molecule has 1 amide bonds. The zero-order valence-electron chi connectivity index (χ0n) is 13.3. The van der Waals surface area contributed by atoms with Crippen molar-refractivity contribution >= 4 is 41.1 Å². The van der Waals surface area contributed by atoms with Crippen LogP contribution in [0.25, 0.3) is 0 Å². The number of amides is 1. The SMILES string of the molecule is N#CCSc1ccccc1NC(=O)COC(=O)CSc1ccccc1. The van der Waals surface area contributed by atoms with Crippen LogP contribution in [0.4, 0.5) is 5.69 Å². The first-order valence-electron chi connectivity index (χ1n) is 7.41. The molecule has 0 saturated heterocycles. The van der Waals surface area contributed by atoms with Crippen molar-refractivity contribution in [3.8, 4) is 6.07 Å². The van der Waals surface area contributed by atoms with Crippen LogP contribution in [0, 0.1) is 11.3 Å². The molecule has 2 rings (SSSR count). The number of rotatable bonds is 8. The Morgan fingerprint density at radius 1 is 1.04 bits per heavy atom. The number of nitrogens with one attached hydrogen (secondary N) is 1. The smallest absolute Gasteiger partial charge is 0.316 e. The topological polar surface area (TPSA) is 79.2 Å². The first-order chi connectivity index (χ1) is 12.2. The molecule has 0 heterocycles. The van der Waals surface area contributed by atoms with E-state index in [0.717, 1.165) is 9.79 Å². The first-order valence-corrected chi connectivity index (χ1v) is 9.38. The van der Waals surface area contributed by atoms with Crippen molar-refractivity contribution in [2.75, 3.05) is 23.4 Å². The van der Waals surface area contributed by atoms with Crippen molar-refractivity contribution in [1.29, 1.82) is 5.26 Å². The van der Waals surface area contributed by atoms with E-state index in [1.54, 1.807) is 12.1 Å². The van der Waals surface area contributed by atoms with Crippen LogP contribution in [-0.4, -0.2) is 30.0 Å². The summed E-state index contributed by atoms with van der Waals surface area (Å²) in [5.41, 5.74) is 0.599. The third kappa shape index (κ3) is 6.91. The van der Waals surface area contributed by atoms with Gasteiger partial charge in [-0.2, -0.15) is 5.26 Å². The lowest BCUT2D eigenvalue weighted by atomic mass is 10.3. The van der Waals surface area contributed by atoms with Gasteiger partial charge in [-0.25, -0.2) is 0 Å². The molecule has 0 spiro atoms. The minimum absolute atomic E-state index is 0.145. The lowest BCUT2D eigenvalue weighted by Gasteiger charge is -2.10. The number of thioether (sulfide) groups is 2. The van der Waals surface area contributed by atoms with E-state index < -0.39 is 11.9 Å². The number of hydrogen-bond acceptors (Lipinski definition) is 6. The van der Waals surface area contributed by atoms with Crippen LogP contribution in [0.1, 0.15) is 0 Å². The van der Waals surface area contributed by atoms with Crippen molar-refractivity contribution < 1.29 is 14.3 Å². The summed E-state index contributed by atoms with van der Waals surface area (Å²) in [5.74, 6) is -0.427. The van der Waals surface area contributed by atoms with Crippen molar-refractivity contribution in [2.24, 2.45) is 0 Å². The van der Waals surface area contributed by atoms with Crippen LogP contribution in [0.3, 0.4) is 0 Å². The summed E-state index contributed by atoms with van der Waals surface area (Å²) < 4.78 is 4.99. The van der Waals surface area contributed by atoms with Crippen LogP contribution < -0.4 is 5.32 Å². The summed E-state index contributed by atoms with van der Waals surface area (Å²) in [4.78, 5) is 25.4. The second-order valence-corrected chi connectivity index (χ2v) is 6.82. The third-order valence-electron chi connectivity index (χ3n) is 2.92. The molecular weight excluding hydrogens is 356 g/mol. The molecule has 128 valence electrons. The van der Waals surface area contributed by atoms with E-state index in [1.165, 1.54) is 23.5 Å². The maximum absolute atomic E-state index is 11.9. The van der Waals surface area contributed by atoms with E-state index in [0.29, 0.717) is 11.4 Å². The summed E-state index contributed by atoms with van der Waals surface area (Å²) >= 11 is 2.69. The van der Waals surface area contributed by atoms with Gasteiger partial charge in [0.05, 0.1) is 23.3 Å². The molecule has 5 nitrogen and oxygen atoms in total. The highest BCUT2D eigenvalue weighted by atomic mass is 32.2. The number of carbonyl (C=O) groups excluding carboxylic acids is 2. The number of nitriles is 1. The lowest BCUT2D eigenvalue weighted by molar-refractivity contribution is -0.144. The van der Waals surface area contributed by atoms with Gasteiger partial charge >= 0.3 is 5.97 Å². The van der Waals surface area contributed by atoms with Gasteiger partial charge in [0.2, 0.25) is 0 Å². The molecule has 0 atom stereocenters.